The number of carbonyl (C=O) groups excluding carboxylic acids is 1. The summed E-state index contributed by atoms with van der Waals surface area (Å²) in [5.74, 6) is 0.101. The molecule has 0 bridgehead atoms. The fraction of sp³-hybridized carbons (Fsp3) is 0.643. The van der Waals surface area contributed by atoms with Gasteiger partial charge in [0, 0.05) is 18.7 Å². The van der Waals surface area contributed by atoms with Gasteiger partial charge in [-0.2, -0.15) is 0 Å². The summed E-state index contributed by atoms with van der Waals surface area (Å²) in [6.07, 6.45) is 1.16. The van der Waals surface area contributed by atoms with Gasteiger partial charge in [0.05, 0.1) is 0 Å². The number of carbonyl (C=O) groups is 1. The Morgan fingerprint density at radius 2 is 1.76 bits per heavy atom. The van der Waals surface area contributed by atoms with E-state index in [2.05, 4.69) is 6.92 Å². The average Bonchev–Trinajstić information content (AvgIpc) is 2.53. The van der Waals surface area contributed by atoms with Crippen molar-refractivity contribution in [2.45, 2.75) is 46.2 Å². The van der Waals surface area contributed by atoms with Crippen LogP contribution in [0.1, 0.15) is 40.0 Å². The molecule has 1 aliphatic heterocycles. The second-order valence-electron chi connectivity index (χ2n) is 5.20. The second-order valence-corrected chi connectivity index (χ2v) is 5.20. The minimum atomic E-state index is -0.726. The quantitative estimate of drug-likeness (QED) is 0.686. The molecule has 17 heavy (non-hydrogen) atoms. The summed E-state index contributed by atoms with van der Waals surface area (Å²) in [4.78, 5) is 14.2. The van der Waals surface area contributed by atoms with E-state index in [0.717, 1.165) is 23.1 Å². The van der Waals surface area contributed by atoms with E-state index in [1.54, 1.807) is 4.90 Å². The van der Waals surface area contributed by atoms with Crippen LogP contribution < -0.4 is 0 Å². The third-order valence-corrected chi connectivity index (χ3v) is 3.90. The fourth-order valence-corrected chi connectivity index (χ4v) is 2.70. The van der Waals surface area contributed by atoms with Crippen LogP contribution in [-0.2, 0) is 4.79 Å². The molecular formula is C14H20FNO. The molecule has 0 radical (unpaired) electrons. The minimum Gasteiger partial charge on any atom is -0.338 e. The van der Waals surface area contributed by atoms with Crippen LogP contribution in [0.4, 0.5) is 4.39 Å². The Kier molecular flexibility index (Phi) is 3.36. The van der Waals surface area contributed by atoms with Crippen LogP contribution in [0.25, 0.3) is 0 Å². The smallest absolute Gasteiger partial charge is 0.254 e. The largest absolute Gasteiger partial charge is 0.338 e. The molecule has 0 unspecified atom stereocenters. The van der Waals surface area contributed by atoms with Crippen molar-refractivity contribution in [1.82, 2.24) is 4.90 Å². The number of likely N-dealkylation sites (tertiary alicyclic amines) is 1. The first kappa shape index (κ1) is 12.3. The van der Waals surface area contributed by atoms with Crippen LogP contribution in [0.5, 0.6) is 0 Å². The maximum absolute atomic E-state index is 13.1. The van der Waals surface area contributed by atoms with Crippen molar-refractivity contribution in [2.75, 3.05) is 13.1 Å². The molecular weight excluding hydrogens is 217 g/mol. The molecule has 0 spiro atoms. The van der Waals surface area contributed by atoms with E-state index in [-0.39, 0.29) is 5.91 Å². The van der Waals surface area contributed by atoms with Crippen molar-refractivity contribution in [1.29, 1.82) is 0 Å². The first-order valence-corrected chi connectivity index (χ1v) is 6.30. The van der Waals surface area contributed by atoms with Crippen LogP contribution in [0.3, 0.4) is 0 Å². The zero-order chi connectivity index (χ0) is 12.6. The highest BCUT2D eigenvalue weighted by molar-refractivity contribution is 5.99. The molecule has 1 saturated heterocycles. The van der Waals surface area contributed by atoms with Gasteiger partial charge < -0.3 is 4.90 Å². The molecule has 94 valence electrons. The Balaban J connectivity index is 2.13. The molecule has 1 heterocycles. The Morgan fingerprint density at radius 1 is 1.18 bits per heavy atom. The molecule has 0 saturated carbocycles. The third kappa shape index (κ3) is 2.28. The lowest BCUT2D eigenvalue weighted by atomic mass is 10.0. The number of amides is 1. The Bertz CT molecular complexity index is 400. The van der Waals surface area contributed by atoms with Gasteiger partial charge in [-0.3, -0.25) is 4.79 Å². The SMILES string of the molecule is CC1=C(C)C(C(=O)N2CCC(F)CC2)=C(C)C1. The van der Waals surface area contributed by atoms with Gasteiger partial charge in [0.1, 0.15) is 6.17 Å². The van der Waals surface area contributed by atoms with Gasteiger partial charge in [0.15, 0.2) is 0 Å². The molecule has 0 aromatic heterocycles. The standard InChI is InChI=1S/C14H20FNO/c1-9-8-10(2)13(11(9)3)14(17)16-6-4-12(15)5-7-16/h12H,4-8H2,1-3H3. The molecule has 1 amide bonds. The van der Waals surface area contributed by atoms with E-state index >= 15 is 0 Å². The maximum atomic E-state index is 13.1. The number of nitrogens with zero attached hydrogens (tertiary/aromatic N) is 1. The number of hydrogen-bond acceptors (Lipinski definition) is 1. The predicted octanol–water partition coefficient (Wildman–Crippen LogP) is 3.00. The molecule has 0 N–H and O–H groups in total. The monoisotopic (exact) mass is 237 g/mol. The molecule has 2 nitrogen and oxygen atoms in total. The van der Waals surface area contributed by atoms with E-state index in [0.29, 0.717) is 25.9 Å². The first-order valence-electron chi connectivity index (χ1n) is 6.30. The molecule has 0 aromatic rings. The lowest BCUT2D eigenvalue weighted by molar-refractivity contribution is -0.128. The van der Waals surface area contributed by atoms with Crippen LogP contribution >= 0.6 is 0 Å². The van der Waals surface area contributed by atoms with Gasteiger partial charge in [-0.1, -0.05) is 11.1 Å². The van der Waals surface area contributed by atoms with E-state index < -0.39 is 6.17 Å². The molecule has 1 aliphatic carbocycles. The fourth-order valence-electron chi connectivity index (χ4n) is 2.70. The van der Waals surface area contributed by atoms with E-state index in [9.17, 15) is 9.18 Å². The van der Waals surface area contributed by atoms with Crippen LogP contribution in [0.15, 0.2) is 22.3 Å². The summed E-state index contributed by atoms with van der Waals surface area (Å²) in [7, 11) is 0. The van der Waals surface area contributed by atoms with Gasteiger partial charge in [0.25, 0.3) is 5.91 Å². The van der Waals surface area contributed by atoms with Crippen molar-refractivity contribution in [2.24, 2.45) is 0 Å². The number of rotatable bonds is 1. The van der Waals surface area contributed by atoms with Gasteiger partial charge in [-0.05, 0) is 45.6 Å². The maximum Gasteiger partial charge on any atom is 0.254 e. The Morgan fingerprint density at radius 3 is 2.24 bits per heavy atom. The second kappa shape index (κ2) is 4.63. The van der Waals surface area contributed by atoms with E-state index in [1.165, 1.54) is 5.57 Å². The highest BCUT2D eigenvalue weighted by Crippen LogP contribution is 2.33. The van der Waals surface area contributed by atoms with Crippen molar-refractivity contribution >= 4 is 5.91 Å². The van der Waals surface area contributed by atoms with Crippen LogP contribution in [-0.4, -0.2) is 30.1 Å². The molecule has 2 aliphatic rings. The van der Waals surface area contributed by atoms with Crippen molar-refractivity contribution in [3.05, 3.63) is 22.3 Å². The summed E-state index contributed by atoms with van der Waals surface area (Å²) >= 11 is 0. The zero-order valence-corrected chi connectivity index (χ0v) is 10.8. The number of hydrogen-bond donors (Lipinski definition) is 0. The van der Waals surface area contributed by atoms with Crippen molar-refractivity contribution < 1.29 is 9.18 Å². The summed E-state index contributed by atoms with van der Waals surface area (Å²) in [6, 6.07) is 0. The molecule has 1 fully saturated rings. The molecule has 2 rings (SSSR count). The number of allylic oxidation sites excluding steroid dienone is 2. The van der Waals surface area contributed by atoms with Crippen LogP contribution in [0, 0.1) is 0 Å². The number of alkyl halides is 1. The summed E-state index contributed by atoms with van der Waals surface area (Å²) < 4.78 is 13.1. The van der Waals surface area contributed by atoms with E-state index in [1.807, 2.05) is 13.8 Å². The lowest BCUT2D eigenvalue weighted by Gasteiger charge is -2.29. The van der Waals surface area contributed by atoms with Crippen LogP contribution in [0.2, 0.25) is 0 Å². The van der Waals surface area contributed by atoms with Gasteiger partial charge in [-0.25, -0.2) is 4.39 Å². The van der Waals surface area contributed by atoms with Gasteiger partial charge >= 0.3 is 0 Å². The normalized spacial score (nSPS) is 22.7. The molecule has 0 atom stereocenters. The first-order chi connectivity index (χ1) is 8.00. The van der Waals surface area contributed by atoms with Crippen molar-refractivity contribution in [3.63, 3.8) is 0 Å². The minimum absolute atomic E-state index is 0.101. The number of halogens is 1. The van der Waals surface area contributed by atoms with Gasteiger partial charge in [-0.15, -0.1) is 0 Å². The Hall–Kier alpha value is -1.12. The number of piperidine rings is 1. The average molecular weight is 237 g/mol. The highest BCUT2D eigenvalue weighted by Gasteiger charge is 2.29. The topological polar surface area (TPSA) is 20.3 Å². The summed E-state index contributed by atoms with van der Waals surface area (Å²) in [6.45, 7) is 7.23. The predicted molar refractivity (Wildman–Crippen MR) is 66.4 cm³/mol. The summed E-state index contributed by atoms with van der Waals surface area (Å²) in [5, 5.41) is 0. The van der Waals surface area contributed by atoms with Crippen molar-refractivity contribution in [3.8, 4) is 0 Å². The van der Waals surface area contributed by atoms with E-state index in [4.69, 9.17) is 0 Å². The Labute approximate surface area is 102 Å². The third-order valence-electron chi connectivity index (χ3n) is 3.90. The molecule has 3 heteroatoms. The zero-order valence-electron chi connectivity index (χ0n) is 10.8. The highest BCUT2D eigenvalue weighted by atomic mass is 19.1. The summed E-state index contributed by atoms with van der Waals surface area (Å²) in [5.41, 5.74) is 4.44. The van der Waals surface area contributed by atoms with Gasteiger partial charge in [0.2, 0.25) is 0 Å². The lowest BCUT2D eigenvalue weighted by Crippen LogP contribution is -2.40. The molecule has 0 aromatic carbocycles.